The third-order valence-corrected chi connectivity index (χ3v) is 5.66. The van der Waals surface area contributed by atoms with Crippen molar-refractivity contribution >= 4 is 11.9 Å². The predicted molar refractivity (Wildman–Crippen MR) is 113 cm³/mol. The van der Waals surface area contributed by atoms with E-state index in [0.717, 1.165) is 11.1 Å². The fourth-order valence-electron chi connectivity index (χ4n) is 4.04. The Morgan fingerprint density at radius 2 is 1.78 bits per heavy atom. The number of ether oxygens (including phenoxy) is 4. The summed E-state index contributed by atoms with van der Waals surface area (Å²) in [6, 6.07) is 15.3. The zero-order valence-corrected chi connectivity index (χ0v) is 17.5. The quantitative estimate of drug-likeness (QED) is 0.477. The first kappa shape index (κ1) is 21.8. The molecule has 4 rings (SSSR count). The molecule has 1 heterocycles. The van der Waals surface area contributed by atoms with Crippen molar-refractivity contribution in [2.24, 2.45) is 11.8 Å². The van der Waals surface area contributed by atoms with Gasteiger partial charge in [0.15, 0.2) is 0 Å². The van der Waals surface area contributed by atoms with Crippen LogP contribution in [-0.4, -0.2) is 31.9 Å². The van der Waals surface area contributed by atoms with Gasteiger partial charge in [0.2, 0.25) is 6.29 Å². The fraction of sp³-hybridized carbons (Fsp3) is 0.280. The Bertz CT molecular complexity index is 1050. The lowest BCUT2D eigenvalue weighted by Gasteiger charge is -2.34. The van der Waals surface area contributed by atoms with Crippen molar-refractivity contribution in [3.63, 3.8) is 0 Å². The number of methoxy groups -OCH3 is 1. The van der Waals surface area contributed by atoms with Gasteiger partial charge in [-0.05, 0) is 29.7 Å². The van der Waals surface area contributed by atoms with E-state index in [4.69, 9.17) is 18.9 Å². The van der Waals surface area contributed by atoms with Gasteiger partial charge in [-0.25, -0.2) is 14.0 Å². The van der Waals surface area contributed by atoms with Crippen LogP contribution in [0.25, 0.3) is 0 Å². The standard InChI is InChI=1S/C25H23FO6/c1-29-23(27)20-15-32-25(31-13-16-7-3-2-4-8-16)22-17(11-12-18(20)22)14-30-24(28)19-9-5-6-10-21(19)26/h2-11,15,18,22,25H,12-14H2,1H3/t18-,22-,25-/m1/s1. The molecule has 0 aromatic heterocycles. The van der Waals surface area contributed by atoms with Crippen LogP contribution in [0.1, 0.15) is 22.3 Å². The Kier molecular flexibility index (Phi) is 6.66. The Morgan fingerprint density at radius 1 is 1.03 bits per heavy atom. The second-order valence-electron chi connectivity index (χ2n) is 7.57. The molecule has 2 aromatic carbocycles. The van der Waals surface area contributed by atoms with Gasteiger partial charge in [0.1, 0.15) is 12.4 Å². The summed E-state index contributed by atoms with van der Waals surface area (Å²) in [5.41, 5.74) is 2.01. The van der Waals surface area contributed by atoms with Gasteiger partial charge >= 0.3 is 11.9 Å². The molecule has 1 aliphatic heterocycles. The van der Waals surface area contributed by atoms with Crippen LogP contribution in [0.15, 0.2) is 78.1 Å². The summed E-state index contributed by atoms with van der Waals surface area (Å²) in [6.07, 6.45) is 3.18. The van der Waals surface area contributed by atoms with Gasteiger partial charge < -0.3 is 18.9 Å². The van der Waals surface area contributed by atoms with Crippen LogP contribution in [0.4, 0.5) is 4.39 Å². The Hall–Kier alpha value is -3.45. The molecular formula is C25H23FO6. The van der Waals surface area contributed by atoms with Crippen molar-refractivity contribution in [1.29, 1.82) is 0 Å². The zero-order valence-electron chi connectivity index (χ0n) is 17.5. The molecule has 0 spiro atoms. The molecule has 0 amide bonds. The highest BCUT2D eigenvalue weighted by Crippen LogP contribution is 2.44. The number of hydrogen-bond acceptors (Lipinski definition) is 6. The molecule has 6 nitrogen and oxygen atoms in total. The molecule has 2 aliphatic rings. The second-order valence-corrected chi connectivity index (χ2v) is 7.57. The van der Waals surface area contributed by atoms with Crippen molar-refractivity contribution < 1.29 is 32.9 Å². The summed E-state index contributed by atoms with van der Waals surface area (Å²) >= 11 is 0. The molecular weight excluding hydrogens is 415 g/mol. The summed E-state index contributed by atoms with van der Waals surface area (Å²) in [5.74, 6) is -2.43. The minimum atomic E-state index is -0.755. The highest BCUT2D eigenvalue weighted by Gasteiger charge is 2.45. The van der Waals surface area contributed by atoms with E-state index in [2.05, 4.69) is 0 Å². The van der Waals surface area contributed by atoms with Crippen LogP contribution >= 0.6 is 0 Å². The number of halogens is 1. The van der Waals surface area contributed by atoms with Gasteiger partial charge in [-0.15, -0.1) is 0 Å². The van der Waals surface area contributed by atoms with Gasteiger partial charge in [0.25, 0.3) is 0 Å². The van der Waals surface area contributed by atoms with Crippen LogP contribution in [0.5, 0.6) is 0 Å². The van der Waals surface area contributed by atoms with Crippen LogP contribution in [0.3, 0.4) is 0 Å². The minimum Gasteiger partial charge on any atom is -0.471 e. The molecule has 0 saturated heterocycles. The molecule has 3 atom stereocenters. The number of fused-ring (bicyclic) bond motifs is 1. The van der Waals surface area contributed by atoms with E-state index >= 15 is 0 Å². The molecule has 0 saturated carbocycles. The largest absolute Gasteiger partial charge is 0.471 e. The third-order valence-electron chi connectivity index (χ3n) is 5.66. The number of allylic oxidation sites excluding steroid dienone is 1. The zero-order chi connectivity index (χ0) is 22.5. The molecule has 1 aliphatic carbocycles. The lowest BCUT2D eigenvalue weighted by atomic mass is 9.83. The van der Waals surface area contributed by atoms with E-state index < -0.39 is 24.0 Å². The average molecular weight is 438 g/mol. The Labute approximate surface area is 185 Å². The van der Waals surface area contributed by atoms with Crippen molar-refractivity contribution in [1.82, 2.24) is 0 Å². The third kappa shape index (κ3) is 4.57. The van der Waals surface area contributed by atoms with Crippen LogP contribution in [0, 0.1) is 17.7 Å². The number of hydrogen-bond donors (Lipinski definition) is 0. The Balaban J connectivity index is 1.49. The number of rotatable bonds is 7. The van der Waals surface area contributed by atoms with Crippen molar-refractivity contribution in [3.8, 4) is 0 Å². The van der Waals surface area contributed by atoms with Crippen molar-refractivity contribution in [2.75, 3.05) is 13.7 Å². The molecule has 0 radical (unpaired) electrons. The van der Waals surface area contributed by atoms with Gasteiger partial charge in [0, 0.05) is 5.92 Å². The molecule has 166 valence electrons. The number of esters is 2. The molecule has 0 N–H and O–H groups in total. The lowest BCUT2D eigenvalue weighted by molar-refractivity contribution is -0.161. The minimum absolute atomic E-state index is 0.0582. The van der Waals surface area contributed by atoms with E-state index in [1.807, 2.05) is 36.4 Å². The van der Waals surface area contributed by atoms with E-state index in [1.165, 1.54) is 31.6 Å². The molecule has 0 fully saturated rings. The van der Waals surface area contributed by atoms with Gasteiger partial charge in [-0.1, -0.05) is 48.5 Å². The second kappa shape index (κ2) is 9.78. The number of benzene rings is 2. The first-order valence-electron chi connectivity index (χ1n) is 10.3. The summed E-state index contributed by atoms with van der Waals surface area (Å²) in [7, 11) is 1.32. The van der Waals surface area contributed by atoms with Gasteiger partial charge in [-0.3, -0.25) is 0 Å². The van der Waals surface area contributed by atoms with Crippen LogP contribution < -0.4 is 0 Å². The summed E-state index contributed by atoms with van der Waals surface area (Å²) in [4.78, 5) is 24.6. The first-order chi connectivity index (χ1) is 15.6. The number of carbonyl (C=O) groups is 2. The maximum Gasteiger partial charge on any atom is 0.341 e. The van der Waals surface area contributed by atoms with Gasteiger partial charge in [-0.2, -0.15) is 0 Å². The number of carbonyl (C=O) groups excluding carboxylic acids is 2. The molecule has 0 bridgehead atoms. The maximum atomic E-state index is 13.9. The first-order valence-corrected chi connectivity index (χ1v) is 10.3. The average Bonchev–Trinajstić information content (AvgIpc) is 3.26. The van der Waals surface area contributed by atoms with E-state index in [9.17, 15) is 14.0 Å². The summed E-state index contributed by atoms with van der Waals surface area (Å²) in [5, 5.41) is 0. The fourth-order valence-corrected chi connectivity index (χ4v) is 4.04. The van der Waals surface area contributed by atoms with E-state index in [0.29, 0.717) is 18.6 Å². The molecule has 2 aromatic rings. The summed E-state index contributed by atoms with van der Waals surface area (Å²) < 4.78 is 36.0. The van der Waals surface area contributed by atoms with Crippen molar-refractivity contribution in [3.05, 3.63) is 95.0 Å². The Morgan fingerprint density at radius 3 is 2.53 bits per heavy atom. The van der Waals surface area contributed by atoms with Gasteiger partial charge in [0.05, 0.1) is 37.0 Å². The molecule has 0 unspecified atom stereocenters. The SMILES string of the molecule is COC(=O)C1=CO[C@@H](OCc2ccccc2)[C@@H]2C(COC(=O)c3ccccc3F)=CC[C@H]12. The molecule has 7 heteroatoms. The summed E-state index contributed by atoms with van der Waals surface area (Å²) in [6.45, 7) is 0.260. The maximum absolute atomic E-state index is 13.9. The normalized spacial score (nSPS) is 21.6. The lowest BCUT2D eigenvalue weighted by Crippen LogP contribution is -2.37. The van der Waals surface area contributed by atoms with Crippen molar-refractivity contribution in [2.45, 2.75) is 19.3 Å². The van der Waals surface area contributed by atoms with Crippen LogP contribution in [-0.2, 0) is 30.3 Å². The van der Waals surface area contributed by atoms with E-state index in [-0.39, 0.29) is 24.0 Å². The highest BCUT2D eigenvalue weighted by molar-refractivity contribution is 5.90. The topological polar surface area (TPSA) is 71.1 Å². The monoisotopic (exact) mass is 438 g/mol. The molecule has 32 heavy (non-hydrogen) atoms. The van der Waals surface area contributed by atoms with Crippen LogP contribution in [0.2, 0.25) is 0 Å². The van der Waals surface area contributed by atoms with E-state index in [1.54, 1.807) is 6.07 Å². The smallest absolute Gasteiger partial charge is 0.341 e. The predicted octanol–water partition coefficient (Wildman–Crippen LogP) is 4.18. The highest BCUT2D eigenvalue weighted by atomic mass is 19.1.